The van der Waals surface area contributed by atoms with Crippen LogP contribution >= 0.6 is 11.6 Å². The summed E-state index contributed by atoms with van der Waals surface area (Å²) >= 11 is 6.01. The van der Waals surface area contributed by atoms with Gasteiger partial charge in [0.05, 0.1) is 18.2 Å². The summed E-state index contributed by atoms with van der Waals surface area (Å²) in [5.41, 5.74) is 3.08. The van der Waals surface area contributed by atoms with Gasteiger partial charge in [-0.15, -0.1) is 0 Å². The van der Waals surface area contributed by atoms with Gasteiger partial charge in [-0.2, -0.15) is 5.26 Å². The highest BCUT2D eigenvalue weighted by Crippen LogP contribution is 2.31. The van der Waals surface area contributed by atoms with E-state index < -0.39 is 0 Å². The van der Waals surface area contributed by atoms with Crippen LogP contribution in [0.2, 0.25) is 5.02 Å². The zero-order valence-electron chi connectivity index (χ0n) is 13.9. The molecule has 0 unspecified atom stereocenters. The molecule has 0 amide bonds. The molecule has 0 bridgehead atoms. The lowest BCUT2D eigenvalue weighted by molar-refractivity contribution is 0.295. The summed E-state index contributed by atoms with van der Waals surface area (Å²) in [6.45, 7) is 0.608. The van der Waals surface area contributed by atoms with Gasteiger partial charge in [-0.05, 0) is 48.6 Å². The molecule has 0 aliphatic carbocycles. The van der Waals surface area contributed by atoms with Crippen LogP contribution in [0, 0.1) is 11.3 Å². The summed E-state index contributed by atoms with van der Waals surface area (Å²) < 4.78 is 5.86. The molecule has 0 aliphatic heterocycles. The Morgan fingerprint density at radius 3 is 2.60 bits per heavy atom. The largest absolute Gasteiger partial charge is 0.478 e. The van der Waals surface area contributed by atoms with E-state index in [1.807, 2.05) is 48.5 Å². The van der Waals surface area contributed by atoms with Crippen molar-refractivity contribution in [2.24, 2.45) is 0 Å². The molecule has 4 heteroatoms. The quantitative estimate of drug-likeness (QED) is 0.489. The molecular formula is C21H19ClN2O. The van der Waals surface area contributed by atoms with E-state index in [0.717, 1.165) is 46.3 Å². The molecule has 0 saturated heterocycles. The monoisotopic (exact) mass is 350 g/mol. The van der Waals surface area contributed by atoms with E-state index in [9.17, 15) is 0 Å². The Bertz CT molecular complexity index is 885. The molecule has 126 valence electrons. The normalized spacial score (nSPS) is 10.6. The first-order chi connectivity index (χ1) is 12.3. The molecule has 3 aromatic rings. The lowest BCUT2D eigenvalue weighted by Crippen LogP contribution is -2.00. The Kier molecular flexibility index (Phi) is 5.87. The van der Waals surface area contributed by atoms with E-state index in [-0.39, 0.29) is 0 Å². The van der Waals surface area contributed by atoms with E-state index in [2.05, 4.69) is 17.1 Å². The van der Waals surface area contributed by atoms with E-state index >= 15 is 0 Å². The lowest BCUT2D eigenvalue weighted by Gasteiger charge is -2.11. The Labute approximate surface area is 152 Å². The van der Waals surface area contributed by atoms with Crippen LogP contribution < -0.4 is 4.74 Å². The first-order valence-electron chi connectivity index (χ1n) is 8.43. The highest BCUT2D eigenvalue weighted by atomic mass is 35.5. The maximum atomic E-state index is 8.56. The van der Waals surface area contributed by atoms with Crippen molar-refractivity contribution in [3.63, 3.8) is 0 Å². The summed E-state index contributed by atoms with van der Waals surface area (Å²) in [6, 6.07) is 20.0. The summed E-state index contributed by atoms with van der Waals surface area (Å²) in [5.74, 6) is 0.629. The third kappa shape index (κ3) is 4.49. The molecule has 2 aromatic carbocycles. The second kappa shape index (κ2) is 8.50. The summed E-state index contributed by atoms with van der Waals surface area (Å²) in [6.07, 6.45) is 3.44. The van der Waals surface area contributed by atoms with Gasteiger partial charge < -0.3 is 4.74 Å². The number of fused-ring (bicyclic) bond motifs is 1. The van der Waals surface area contributed by atoms with Crippen LogP contribution in [0.25, 0.3) is 22.0 Å². The Morgan fingerprint density at radius 2 is 1.80 bits per heavy atom. The van der Waals surface area contributed by atoms with E-state index in [4.69, 9.17) is 21.6 Å². The molecule has 1 aromatic heterocycles. The fourth-order valence-electron chi connectivity index (χ4n) is 2.75. The molecule has 1 heterocycles. The van der Waals surface area contributed by atoms with Gasteiger partial charge in [0, 0.05) is 22.9 Å². The fraction of sp³-hybridized carbons (Fsp3) is 0.238. The average molecular weight is 351 g/mol. The van der Waals surface area contributed by atoms with Crippen LogP contribution in [0.1, 0.15) is 25.7 Å². The van der Waals surface area contributed by atoms with E-state index in [1.54, 1.807) is 0 Å². The first-order valence-corrected chi connectivity index (χ1v) is 8.81. The van der Waals surface area contributed by atoms with Crippen molar-refractivity contribution in [2.45, 2.75) is 25.7 Å². The van der Waals surface area contributed by atoms with Crippen molar-refractivity contribution in [3.8, 4) is 23.1 Å². The molecular weight excluding hydrogens is 332 g/mol. The summed E-state index contributed by atoms with van der Waals surface area (Å²) in [5, 5.41) is 10.4. The predicted octanol–water partition coefficient (Wildman–Crippen LogP) is 6.02. The van der Waals surface area contributed by atoms with Gasteiger partial charge in [0.1, 0.15) is 0 Å². The van der Waals surface area contributed by atoms with Crippen molar-refractivity contribution in [1.29, 1.82) is 5.26 Å². The maximum absolute atomic E-state index is 8.56. The minimum absolute atomic E-state index is 0.606. The minimum Gasteiger partial charge on any atom is -0.478 e. The van der Waals surface area contributed by atoms with Crippen molar-refractivity contribution in [1.82, 2.24) is 4.98 Å². The summed E-state index contributed by atoms with van der Waals surface area (Å²) in [4.78, 5) is 4.61. The predicted molar refractivity (Wildman–Crippen MR) is 102 cm³/mol. The van der Waals surface area contributed by atoms with Crippen molar-refractivity contribution in [3.05, 3.63) is 59.6 Å². The number of nitrogens with zero attached hydrogens (tertiary/aromatic N) is 2. The second-order valence-electron chi connectivity index (χ2n) is 5.85. The highest BCUT2D eigenvalue weighted by molar-refractivity contribution is 6.30. The molecule has 0 atom stereocenters. The zero-order valence-corrected chi connectivity index (χ0v) is 14.7. The van der Waals surface area contributed by atoms with Crippen LogP contribution in [0.15, 0.2) is 54.6 Å². The van der Waals surface area contributed by atoms with Gasteiger partial charge in [-0.1, -0.05) is 41.9 Å². The summed E-state index contributed by atoms with van der Waals surface area (Å²) in [7, 11) is 0. The molecule has 0 spiro atoms. The van der Waals surface area contributed by atoms with Gasteiger partial charge in [0.25, 0.3) is 0 Å². The van der Waals surface area contributed by atoms with Gasteiger partial charge in [0.2, 0.25) is 5.88 Å². The minimum atomic E-state index is 0.606. The number of nitriles is 1. The number of unbranched alkanes of at least 4 members (excludes halogenated alkanes) is 3. The SMILES string of the molecule is N#CCCCCCOc1cc(-c2ccc(Cl)cc2)c2ccccc2n1. The molecule has 0 saturated carbocycles. The number of halogens is 1. The van der Waals surface area contributed by atoms with Crippen LogP contribution in [0.3, 0.4) is 0 Å². The number of aromatic nitrogens is 1. The van der Waals surface area contributed by atoms with Gasteiger partial charge in [-0.3, -0.25) is 0 Å². The van der Waals surface area contributed by atoms with Gasteiger partial charge >= 0.3 is 0 Å². The number of benzene rings is 2. The van der Waals surface area contributed by atoms with E-state index in [0.29, 0.717) is 18.9 Å². The number of hydrogen-bond donors (Lipinski definition) is 0. The number of para-hydroxylation sites is 1. The molecule has 0 N–H and O–H groups in total. The van der Waals surface area contributed by atoms with Gasteiger partial charge in [-0.25, -0.2) is 4.98 Å². The highest BCUT2D eigenvalue weighted by Gasteiger charge is 2.08. The molecule has 3 nitrogen and oxygen atoms in total. The van der Waals surface area contributed by atoms with Crippen LogP contribution in [0.5, 0.6) is 5.88 Å². The average Bonchev–Trinajstić information content (AvgIpc) is 2.64. The number of pyridine rings is 1. The number of hydrogen-bond acceptors (Lipinski definition) is 3. The maximum Gasteiger partial charge on any atom is 0.214 e. The topological polar surface area (TPSA) is 45.9 Å². The van der Waals surface area contributed by atoms with Crippen LogP contribution in [-0.4, -0.2) is 11.6 Å². The zero-order chi connectivity index (χ0) is 17.5. The fourth-order valence-corrected chi connectivity index (χ4v) is 2.88. The molecule has 25 heavy (non-hydrogen) atoms. The molecule has 0 fully saturated rings. The third-order valence-electron chi connectivity index (χ3n) is 4.03. The van der Waals surface area contributed by atoms with Crippen molar-refractivity contribution in [2.75, 3.05) is 6.61 Å². The Hall–Kier alpha value is -2.57. The van der Waals surface area contributed by atoms with Gasteiger partial charge in [0.15, 0.2) is 0 Å². The lowest BCUT2D eigenvalue weighted by atomic mass is 10.0. The Balaban J connectivity index is 1.83. The second-order valence-corrected chi connectivity index (χ2v) is 6.29. The van der Waals surface area contributed by atoms with Crippen molar-refractivity contribution < 1.29 is 4.74 Å². The third-order valence-corrected chi connectivity index (χ3v) is 4.28. The molecule has 0 radical (unpaired) electrons. The molecule has 0 aliphatic rings. The standard InChI is InChI=1S/C21H19ClN2O/c22-17-11-9-16(10-12-17)19-15-21(25-14-6-2-1-5-13-23)24-20-8-4-3-7-18(19)20/h3-4,7-12,15H,1-2,5-6,14H2. The van der Waals surface area contributed by atoms with E-state index in [1.165, 1.54) is 0 Å². The first kappa shape index (κ1) is 17.3. The van der Waals surface area contributed by atoms with Crippen molar-refractivity contribution >= 4 is 22.5 Å². The smallest absolute Gasteiger partial charge is 0.214 e. The van der Waals surface area contributed by atoms with Crippen LogP contribution in [-0.2, 0) is 0 Å². The Morgan fingerprint density at radius 1 is 1.00 bits per heavy atom. The number of rotatable bonds is 7. The number of ether oxygens (including phenoxy) is 1. The molecule has 3 rings (SSSR count). The van der Waals surface area contributed by atoms with Crippen LogP contribution in [0.4, 0.5) is 0 Å².